The monoisotopic (exact) mass is 204 g/mol. The van der Waals surface area contributed by atoms with Gasteiger partial charge in [0.1, 0.15) is 6.04 Å². The first-order chi connectivity index (χ1) is 6.39. The molecule has 0 aliphatic carbocycles. The molecule has 0 radical (unpaired) electrons. The molecule has 1 atom stereocenters. The average Bonchev–Trinajstić information content (AvgIpc) is 2.12. The van der Waals surface area contributed by atoms with Crippen LogP contribution in [0.25, 0.3) is 0 Å². The summed E-state index contributed by atoms with van der Waals surface area (Å²) in [7, 11) is 1.65. The molecule has 0 saturated carbocycles. The van der Waals surface area contributed by atoms with Gasteiger partial charge in [0.15, 0.2) is 0 Å². The second-order valence-corrected chi connectivity index (χ2v) is 3.80. The Hall–Kier alpha value is -0.650. The molecule has 4 N–H and O–H groups in total. The molecular weight excluding hydrogens is 184 g/mol. The minimum absolute atomic E-state index is 0.162. The number of hydrogen-bond donors (Lipinski definition) is 2. The van der Waals surface area contributed by atoms with Crippen LogP contribution in [0.2, 0.25) is 0 Å². The fourth-order valence-corrected chi connectivity index (χ4v) is 0.712. The van der Waals surface area contributed by atoms with Crippen molar-refractivity contribution in [1.29, 1.82) is 0 Å². The lowest BCUT2D eigenvalue weighted by Crippen LogP contribution is -2.40. The third-order valence-corrected chi connectivity index (χ3v) is 2.06. The maximum absolute atomic E-state index is 10.5. The molecule has 1 unspecified atom stereocenters. The zero-order valence-electron chi connectivity index (χ0n) is 9.08. The van der Waals surface area contributed by atoms with E-state index in [2.05, 4.69) is 0 Å². The van der Waals surface area contributed by atoms with Gasteiger partial charge in [0.25, 0.3) is 0 Å². The van der Waals surface area contributed by atoms with Gasteiger partial charge >= 0.3 is 0 Å². The predicted octanol–water partition coefficient (Wildman–Crippen LogP) is -0.369. The molecule has 0 aliphatic heterocycles. The quantitative estimate of drug-likeness (QED) is 0.554. The van der Waals surface area contributed by atoms with Crippen LogP contribution in [0.4, 0.5) is 0 Å². The van der Waals surface area contributed by atoms with E-state index < -0.39 is 11.9 Å². The summed E-state index contributed by atoms with van der Waals surface area (Å²) in [5, 5.41) is 0. The molecule has 0 aromatic carbocycles. The van der Waals surface area contributed by atoms with Gasteiger partial charge in [-0.15, -0.1) is 0 Å². The van der Waals surface area contributed by atoms with Gasteiger partial charge < -0.3 is 20.9 Å². The van der Waals surface area contributed by atoms with Gasteiger partial charge in [0.2, 0.25) is 5.91 Å². The Morgan fingerprint density at radius 1 is 1.50 bits per heavy atom. The number of methoxy groups -OCH3 is 1. The SMILES string of the molecule is COC(C)(C)CCOCC(N)C(N)=O. The minimum Gasteiger partial charge on any atom is -0.379 e. The Morgan fingerprint density at radius 3 is 2.50 bits per heavy atom. The van der Waals surface area contributed by atoms with Crippen LogP contribution in [0, 0.1) is 0 Å². The van der Waals surface area contributed by atoms with E-state index >= 15 is 0 Å². The number of carbonyl (C=O) groups is 1. The Kier molecular flexibility index (Phi) is 5.68. The molecule has 0 saturated heterocycles. The molecule has 0 aromatic heterocycles. The summed E-state index contributed by atoms with van der Waals surface area (Å²) in [6.45, 7) is 4.59. The van der Waals surface area contributed by atoms with E-state index in [9.17, 15) is 4.79 Å². The Morgan fingerprint density at radius 2 is 2.07 bits per heavy atom. The van der Waals surface area contributed by atoms with Crippen LogP contribution >= 0.6 is 0 Å². The lowest BCUT2D eigenvalue weighted by Gasteiger charge is -2.22. The van der Waals surface area contributed by atoms with Gasteiger partial charge in [-0.1, -0.05) is 0 Å². The average molecular weight is 204 g/mol. The molecule has 0 aromatic rings. The lowest BCUT2D eigenvalue weighted by atomic mass is 10.1. The second kappa shape index (κ2) is 5.95. The van der Waals surface area contributed by atoms with Gasteiger partial charge in [-0.05, 0) is 20.3 Å². The number of amides is 1. The first-order valence-corrected chi connectivity index (χ1v) is 4.57. The zero-order chi connectivity index (χ0) is 11.2. The number of hydrogen-bond acceptors (Lipinski definition) is 4. The van der Waals surface area contributed by atoms with Crippen LogP contribution in [0.5, 0.6) is 0 Å². The number of rotatable bonds is 7. The molecule has 14 heavy (non-hydrogen) atoms. The van der Waals surface area contributed by atoms with Crippen molar-refractivity contribution in [2.45, 2.75) is 31.9 Å². The van der Waals surface area contributed by atoms with E-state index in [1.54, 1.807) is 7.11 Å². The summed E-state index contributed by atoms with van der Waals surface area (Å²) in [4.78, 5) is 10.5. The van der Waals surface area contributed by atoms with Gasteiger partial charge in [-0.2, -0.15) is 0 Å². The summed E-state index contributed by atoms with van der Waals surface area (Å²) in [5.74, 6) is -0.545. The summed E-state index contributed by atoms with van der Waals surface area (Å²) >= 11 is 0. The standard InChI is InChI=1S/C9H20N2O3/c1-9(2,13-3)4-5-14-6-7(10)8(11)12/h7H,4-6,10H2,1-3H3,(H2,11,12). The summed E-state index contributed by atoms with van der Waals surface area (Å²) in [6.07, 6.45) is 0.745. The maximum atomic E-state index is 10.5. The highest BCUT2D eigenvalue weighted by atomic mass is 16.5. The Labute approximate surface area is 84.7 Å². The molecular formula is C9H20N2O3. The number of ether oxygens (including phenoxy) is 2. The fraction of sp³-hybridized carbons (Fsp3) is 0.889. The fourth-order valence-electron chi connectivity index (χ4n) is 0.712. The van der Waals surface area contributed by atoms with Crippen LogP contribution in [0.3, 0.4) is 0 Å². The highest BCUT2D eigenvalue weighted by molar-refractivity contribution is 5.79. The Bertz CT molecular complexity index is 183. The smallest absolute Gasteiger partial charge is 0.236 e. The van der Waals surface area contributed by atoms with E-state index in [1.807, 2.05) is 13.8 Å². The largest absolute Gasteiger partial charge is 0.379 e. The second-order valence-electron chi connectivity index (χ2n) is 3.80. The number of carbonyl (C=O) groups excluding carboxylic acids is 1. The van der Waals surface area contributed by atoms with Crippen LogP contribution in [0.15, 0.2) is 0 Å². The van der Waals surface area contributed by atoms with Crippen LogP contribution in [-0.2, 0) is 14.3 Å². The normalized spacial score (nSPS) is 14.0. The zero-order valence-corrected chi connectivity index (χ0v) is 9.08. The van der Waals surface area contributed by atoms with E-state index in [0.29, 0.717) is 6.61 Å². The maximum Gasteiger partial charge on any atom is 0.236 e. The van der Waals surface area contributed by atoms with Crippen molar-refractivity contribution in [3.05, 3.63) is 0 Å². The summed E-state index contributed by atoms with van der Waals surface area (Å²) < 4.78 is 10.4. The molecule has 0 rings (SSSR count). The minimum atomic E-state index is -0.722. The molecule has 84 valence electrons. The van der Waals surface area contributed by atoms with E-state index in [4.69, 9.17) is 20.9 Å². The van der Waals surface area contributed by atoms with Gasteiger partial charge in [0, 0.05) is 13.7 Å². The van der Waals surface area contributed by atoms with Crippen molar-refractivity contribution in [3.8, 4) is 0 Å². The Balaban J connectivity index is 3.52. The first-order valence-electron chi connectivity index (χ1n) is 4.57. The van der Waals surface area contributed by atoms with Crippen LogP contribution in [0.1, 0.15) is 20.3 Å². The van der Waals surface area contributed by atoms with Crippen molar-refractivity contribution in [1.82, 2.24) is 0 Å². The number of nitrogens with two attached hydrogens (primary N) is 2. The van der Waals surface area contributed by atoms with E-state index in [0.717, 1.165) is 6.42 Å². The van der Waals surface area contributed by atoms with Crippen molar-refractivity contribution in [3.63, 3.8) is 0 Å². The molecule has 5 nitrogen and oxygen atoms in total. The predicted molar refractivity (Wildman–Crippen MR) is 53.7 cm³/mol. The molecule has 1 amide bonds. The van der Waals surface area contributed by atoms with E-state index in [1.165, 1.54) is 0 Å². The summed E-state index contributed by atoms with van der Waals surface area (Å²) in [5.41, 5.74) is 10.1. The van der Waals surface area contributed by atoms with Crippen LogP contribution in [-0.4, -0.2) is 37.9 Å². The molecule has 0 aliphatic rings. The topological polar surface area (TPSA) is 87.6 Å². The third kappa shape index (κ3) is 5.90. The van der Waals surface area contributed by atoms with Crippen molar-refractivity contribution in [2.24, 2.45) is 11.5 Å². The van der Waals surface area contributed by atoms with E-state index in [-0.39, 0.29) is 12.2 Å². The first kappa shape index (κ1) is 13.4. The van der Waals surface area contributed by atoms with Crippen molar-refractivity contribution >= 4 is 5.91 Å². The van der Waals surface area contributed by atoms with Gasteiger partial charge in [-0.25, -0.2) is 0 Å². The summed E-state index contributed by atoms with van der Waals surface area (Å²) in [6, 6.07) is -0.722. The molecule has 5 heteroatoms. The highest BCUT2D eigenvalue weighted by Gasteiger charge is 2.16. The number of primary amides is 1. The molecule has 0 fully saturated rings. The van der Waals surface area contributed by atoms with Crippen molar-refractivity contribution < 1.29 is 14.3 Å². The molecule has 0 spiro atoms. The van der Waals surface area contributed by atoms with Gasteiger partial charge in [-0.3, -0.25) is 4.79 Å². The van der Waals surface area contributed by atoms with Crippen molar-refractivity contribution in [2.75, 3.05) is 20.3 Å². The highest BCUT2D eigenvalue weighted by Crippen LogP contribution is 2.12. The third-order valence-electron chi connectivity index (χ3n) is 2.06. The molecule has 0 bridgehead atoms. The molecule has 0 heterocycles. The van der Waals surface area contributed by atoms with Gasteiger partial charge in [0.05, 0.1) is 12.2 Å². The lowest BCUT2D eigenvalue weighted by molar-refractivity contribution is -0.120. The van der Waals surface area contributed by atoms with Crippen LogP contribution < -0.4 is 11.5 Å².